The predicted octanol–water partition coefficient (Wildman–Crippen LogP) is 4.85. The Morgan fingerprint density at radius 2 is 1.61 bits per heavy atom. The van der Waals surface area contributed by atoms with Gasteiger partial charge in [-0.15, -0.1) is 0 Å². The van der Waals surface area contributed by atoms with Crippen molar-refractivity contribution in [2.24, 2.45) is 0 Å². The van der Waals surface area contributed by atoms with E-state index in [0.29, 0.717) is 16.8 Å². The molecule has 1 aliphatic carbocycles. The normalized spacial score (nSPS) is 14.6. The standard InChI is InChI=1S/C26H22N2O3/c1-15-6-7-16(2)23(12-15)28-25(30)21-11-9-19(14-22(21)26(28)31)24(29)27-20-10-8-17-4-3-5-18(17)13-20/h6-14H,3-5H2,1-2H3,(H,27,29). The van der Waals surface area contributed by atoms with Crippen LogP contribution in [0.2, 0.25) is 0 Å². The fourth-order valence-corrected chi connectivity index (χ4v) is 4.41. The Bertz CT molecular complexity index is 1280. The number of amides is 3. The second-order valence-corrected chi connectivity index (χ2v) is 8.29. The molecule has 5 heteroatoms. The van der Waals surface area contributed by atoms with Gasteiger partial charge in [0.05, 0.1) is 16.8 Å². The zero-order chi connectivity index (χ0) is 21.7. The summed E-state index contributed by atoms with van der Waals surface area (Å²) >= 11 is 0. The molecule has 0 saturated carbocycles. The summed E-state index contributed by atoms with van der Waals surface area (Å²) < 4.78 is 0. The Balaban J connectivity index is 1.43. The van der Waals surface area contributed by atoms with Gasteiger partial charge in [-0.25, -0.2) is 4.90 Å². The molecule has 1 heterocycles. The van der Waals surface area contributed by atoms with Gasteiger partial charge in [-0.2, -0.15) is 0 Å². The van der Waals surface area contributed by atoms with Gasteiger partial charge in [0.25, 0.3) is 17.7 Å². The van der Waals surface area contributed by atoms with E-state index in [4.69, 9.17) is 0 Å². The fourth-order valence-electron chi connectivity index (χ4n) is 4.41. The van der Waals surface area contributed by atoms with Crippen LogP contribution in [0.4, 0.5) is 11.4 Å². The van der Waals surface area contributed by atoms with Crippen LogP contribution in [0.15, 0.2) is 54.6 Å². The van der Waals surface area contributed by atoms with E-state index in [0.717, 1.165) is 36.1 Å². The summed E-state index contributed by atoms with van der Waals surface area (Å²) in [5.41, 5.74) is 6.67. The van der Waals surface area contributed by atoms with E-state index in [9.17, 15) is 14.4 Å². The third-order valence-corrected chi connectivity index (χ3v) is 6.11. The molecule has 31 heavy (non-hydrogen) atoms. The lowest BCUT2D eigenvalue weighted by molar-refractivity contribution is 0.0925. The van der Waals surface area contributed by atoms with Gasteiger partial charge in [-0.3, -0.25) is 14.4 Å². The number of aryl methyl sites for hydroxylation is 4. The van der Waals surface area contributed by atoms with E-state index in [2.05, 4.69) is 11.4 Å². The molecule has 1 N–H and O–H groups in total. The number of anilines is 2. The highest BCUT2D eigenvalue weighted by atomic mass is 16.2. The summed E-state index contributed by atoms with van der Waals surface area (Å²) in [6.07, 6.45) is 3.26. The highest BCUT2D eigenvalue weighted by Crippen LogP contribution is 2.32. The Kier molecular flexibility index (Phi) is 4.47. The first-order chi connectivity index (χ1) is 14.9. The van der Waals surface area contributed by atoms with Crippen LogP contribution in [-0.2, 0) is 12.8 Å². The van der Waals surface area contributed by atoms with E-state index in [1.165, 1.54) is 22.1 Å². The average molecular weight is 410 g/mol. The number of hydrogen-bond acceptors (Lipinski definition) is 3. The van der Waals surface area contributed by atoms with Crippen LogP contribution in [0.5, 0.6) is 0 Å². The summed E-state index contributed by atoms with van der Waals surface area (Å²) in [6, 6.07) is 16.3. The maximum absolute atomic E-state index is 13.1. The van der Waals surface area contributed by atoms with Crippen molar-refractivity contribution in [2.75, 3.05) is 10.2 Å². The smallest absolute Gasteiger partial charge is 0.266 e. The second kappa shape index (κ2) is 7.20. The molecule has 0 atom stereocenters. The fraction of sp³-hybridized carbons (Fsp3) is 0.192. The first-order valence-corrected chi connectivity index (χ1v) is 10.5. The molecule has 3 amide bonds. The van der Waals surface area contributed by atoms with Crippen molar-refractivity contribution in [2.45, 2.75) is 33.1 Å². The van der Waals surface area contributed by atoms with Crippen molar-refractivity contribution >= 4 is 29.1 Å². The Labute approximate surface area is 180 Å². The van der Waals surface area contributed by atoms with E-state index in [-0.39, 0.29) is 17.4 Å². The number of fused-ring (bicyclic) bond motifs is 2. The van der Waals surface area contributed by atoms with Gasteiger partial charge in [-0.1, -0.05) is 18.2 Å². The number of carbonyl (C=O) groups is 3. The monoisotopic (exact) mass is 410 g/mol. The van der Waals surface area contributed by atoms with Gasteiger partial charge in [0.1, 0.15) is 0 Å². The van der Waals surface area contributed by atoms with Crippen molar-refractivity contribution in [1.82, 2.24) is 0 Å². The van der Waals surface area contributed by atoms with Crippen LogP contribution in [0, 0.1) is 13.8 Å². The van der Waals surface area contributed by atoms with Crippen molar-refractivity contribution in [3.63, 3.8) is 0 Å². The highest BCUT2D eigenvalue weighted by Gasteiger charge is 2.37. The van der Waals surface area contributed by atoms with Crippen LogP contribution < -0.4 is 10.2 Å². The Hall–Kier alpha value is -3.73. The molecule has 2 aliphatic rings. The van der Waals surface area contributed by atoms with Crippen LogP contribution in [0.25, 0.3) is 0 Å². The van der Waals surface area contributed by atoms with Crippen molar-refractivity contribution in [1.29, 1.82) is 0 Å². The minimum absolute atomic E-state index is 0.257. The molecule has 1 aliphatic heterocycles. The first kappa shape index (κ1) is 19.2. The molecule has 0 saturated heterocycles. The van der Waals surface area contributed by atoms with Crippen molar-refractivity contribution in [3.05, 3.63) is 93.5 Å². The number of carbonyl (C=O) groups excluding carboxylic acids is 3. The minimum atomic E-state index is -0.402. The quantitative estimate of drug-likeness (QED) is 0.628. The number of nitrogens with zero attached hydrogens (tertiary/aromatic N) is 1. The molecule has 3 aromatic carbocycles. The molecule has 0 fully saturated rings. The Morgan fingerprint density at radius 1 is 0.839 bits per heavy atom. The summed E-state index contributed by atoms with van der Waals surface area (Å²) in [4.78, 5) is 40.1. The Morgan fingerprint density at radius 3 is 2.45 bits per heavy atom. The van der Waals surface area contributed by atoms with Crippen LogP contribution in [-0.4, -0.2) is 17.7 Å². The predicted molar refractivity (Wildman–Crippen MR) is 120 cm³/mol. The van der Waals surface area contributed by atoms with E-state index in [1.54, 1.807) is 12.1 Å². The van der Waals surface area contributed by atoms with Gasteiger partial charge >= 0.3 is 0 Å². The molecule has 3 aromatic rings. The zero-order valence-electron chi connectivity index (χ0n) is 17.5. The molecule has 0 radical (unpaired) electrons. The average Bonchev–Trinajstić information content (AvgIpc) is 3.32. The largest absolute Gasteiger partial charge is 0.322 e. The maximum atomic E-state index is 13.1. The number of nitrogens with one attached hydrogen (secondary N) is 1. The molecule has 5 nitrogen and oxygen atoms in total. The molecule has 0 bridgehead atoms. The van der Waals surface area contributed by atoms with Gasteiger partial charge in [0.15, 0.2) is 0 Å². The SMILES string of the molecule is Cc1ccc(C)c(N2C(=O)c3ccc(C(=O)Nc4ccc5c(c4)CCC5)cc3C2=O)c1. The third kappa shape index (κ3) is 3.22. The number of hydrogen-bond donors (Lipinski definition) is 1. The van der Waals surface area contributed by atoms with Crippen LogP contribution in [0.3, 0.4) is 0 Å². The number of rotatable bonds is 3. The topological polar surface area (TPSA) is 66.5 Å². The van der Waals surface area contributed by atoms with Crippen molar-refractivity contribution in [3.8, 4) is 0 Å². The molecule has 5 rings (SSSR count). The highest BCUT2D eigenvalue weighted by molar-refractivity contribution is 6.35. The number of benzene rings is 3. The summed E-state index contributed by atoms with van der Waals surface area (Å²) in [6.45, 7) is 3.79. The van der Waals surface area contributed by atoms with Gasteiger partial charge in [0.2, 0.25) is 0 Å². The number of imide groups is 1. The first-order valence-electron chi connectivity index (χ1n) is 10.5. The van der Waals surface area contributed by atoms with Crippen LogP contribution >= 0.6 is 0 Å². The molecular formula is C26H22N2O3. The minimum Gasteiger partial charge on any atom is -0.322 e. The van der Waals surface area contributed by atoms with Crippen LogP contribution in [0.1, 0.15) is 59.7 Å². The molecule has 0 aromatic heterocycles. The van der Waals surface area contributed by atoms with Crippen molar-refractivity contribution < 1.29 is 14.4 Å². The molecule has 154 valence electrons. The van der Waals surface area contributed by atoms with Gasteiger partial charge in [-0.05, 0) is 91.8 Å². The van der Waals surface area contributed by atoms with E-state index >= 15 is 0 Å². The third-order valence-electron chi connectivity index (χ3n) is 6.11. The lowest BCUT2D eigenvalue weighted by Crippen LogP contribution is -2.30. The summed E-state index contributed by atoms with van der Waals surface area (Å²) in [5, 5.41) is 2.92. The lowest BCUT2D eigenvalue weighted by atomic mass is 10.0. The molecule has 0 spiro atoms. The summed E-state index contributed by atoms with van der Waals surface area (Å²) in [5.74, 6) is -1.06. The lowest BCUT2D eigenvalue weighted by Gasteiger charge is -2.17. The molecule has 0 unspecified atom stereocenters. The van der Waals surface area contributed by atoms with Gasteiger partial charge in [0, 0.05) is 11.3 Å². The van der Waals surface area contributed by atoms with E-state index in [1.807, 2.05) is 44.2 Å². The zero-order valence-corrected chi connectivity index (χ0v) is 17.5. The van der Waals surface area contributed by atoms with Gasteiger partial charge < -0.3 is 5.32 Å². The molecular weight excluding hydrogens is 388 g/mol. The summed E-state index contributed by atoms with van der Waals surface area (Å²) in [7, 11) is 0. The maximum Gasteiger partial charge on any atom is 0.266 e. The van der Waals surface area contributed by atoms with E-state index < -0.39 is 5.91 Å². The second-order valence-electron chi connectivity index (χ2n) is 8.29.